The molecular formula is C30H41F3N4O8. The predicted octanol–water partition coefficient (Wildman–Crippen LogP) is 2.33. The second-order valence-corrected chi connectivity index (χ2v) is 10.5. The number of carbonyl (C=O) groups is 3. The van der Waals surface area contributed by atoms with E-state index in [1.54, 1.807) is 18.2 Å². The van der Waals surface area contributed by atoms with Crippen LogP contribution < -0.4 is 31.2 Å². The van der Waals surface area contributed by atoms with Crippen LogP contribution in [0.5, 0.6) is 11.5 Å². The number of benzene rings is 2. The highest BCUT2D eigenvalue weighted by Crippen LogP contribution is 2.33. The summed E-state index contributed by atoms with van der Waals surface area (Å²) in [7, 11) is 0. The number of primary amides is 1. The van der Waals surface area contributed by atoms with Crippen molar-refractivity contribution in [1.29, 1.82) is 0 Å². The summed E-state index contributed by atoms with van der Waals surface area (Å²) in [6.07, 6.45) is -2.54. The molecule has 0 unspecified atom stereocenters. The molecule has 250 valence electrons. The lowest BCUT2D eigenvalue weighted by Crippen LogP contribution is -2.32. The fourth-order valence-corrected chi connectivity index (χ4v) is 4.63. The second-order valence-electron chi connectivity index (χ2n) is 10.5. The number of aliphatic carboxylic acids is 2. The fourth-order valence-electron chi connectivity index (χ4n) is 4.63. The van der Waals surface area contributed by atoms with Gasteiger partial charge in [0.1, 0.15) is 12.6 Å². The number of aliphatic hydroxyl groups excluding tert-OH is 1. The Labute approximate surface area is 259 Å². The molecule has 1 heterocycles. The van der Waals surface area contributed by atoms with Crippen molar-refractivity contribution in [3.63, 3.8) is 0 Å². The maximum atomic E-state index is 12.4. The van der Waals surface area contributed by atoms with Crippen molar-refractivity contribution in [3.8, 4) is 11.5 Å². The summed E-state index contributed by atoms with van der Waals surface area (Å²) >= 11 is 0. The van der Waals surface area contributed by atoms with Crippen molar-refractivity contribution in [2.45, 2.75) is 57.3 Å². The molecule has 2 aromatic rings. The van der Waals surface area contributed by atoms with E-state index in [0.29, 0.717) is 31.5 Å². The molecule has 15 heteroatoms. The number of hydrogen-bond donors (Lipinski definition) is 6. The molecule has 0 bridgehead atoms. The van der Waals surface area contributed by atoms with Crippen LogP contribution in [0.3, 0.4) is 0 Å². The first-order valence-electron chi connectivity index (χ1n) is 14.4. The number of ether oxygens (including phenoxy) is 2. The van der Waals surface area contributed by atoms with E-state index in [1.807, 2.05) is 13.0 Å². The van der Waals surface area contributed by atoms with E-state index in [4.69, 9.17) is 36.3 Å². The number of amides is 1. The van der Waals surface area contributed by atoms with Gasteiger partial charge in [0, 0.05) is 38.7 Å². The van der Waals surface area contributed by atoms with Crippen LogP contribution in [-0.4, -0.2) is 90.9 Å². The van der Waals surface area contributed by atoms with Gasteiger partial charge in [-0.3, -0.25) is 14.4 Å². The average molecular weight is 643 g/mol. The van der Waals surface area contributed by atoms with Crippen LogP contribution in [0.2, 0.25) is 0 Å². The number of nitrogens with zero attached hydrogens (tertiary/aromatic N) is 1. The van der Waals surface area contributed by atoms with Crippen LogP contribution in [0, 0.1) is 0 Å². The van der Waals surface area contributed by atoms with Crippen molar-refractivity contribution in [2.24, 2.45) is 11.5 Å². The fraction of sp³-hybridized carbons (Fsp3) is 0.500. The zero-order chi connectivity index (χ0) is 33.6. The summed E-state index contributed by atoms with van der Waals surface area (Å²) in [5.41, 5.74) is 14.1. The van der Waals surface area contributed by atoms with E-state index >= 15 is 0 Å². The molecule has 2 aromatic carbocycles. The molecule has 0 saturated heterocycles. The number of anilines is 1. The molecule has 2 atom stereocenters. The molecule has 0 aliphatic carbocycles. The smallest absolute Gasteiger partial charge is 0.422 e. The zero-order valence-electron chi connectivity index (χ0n) is 25.0. The summed E-state index contributed by atoms with van der Waals surface area (Å²) in [6, 6.07) is 9.19. The Morgan fingerprint density at radius 3 is 2.36 bits per heavy atom. The van der Waals surface area contributed by atoms with E-state index in [-0.39, 0.29) is 43.6 Å². The Hall–Kier alpha value is -4.08. The van der Waals surface area contributed by atoms with Gasteiger partial charge >= 0.3 is 18.1 Å². The highest BCUT2D eigenvalue weighted by Gasteiger charge is 2.29. The van der Waals surface area contributed by atoms with Gasteiger partial charge in [0.15, 0.2) is 18.1 Å². The van der Waals surface area contributed by atoms with Gasteiger partial charge in [0.25, 0.3) is 5.91 Å². The van der Waals surface area contributed by atoms with Crippen LogP contribution in [0.15, 0.2) is 36.4 Å². The molecule has 12 nitrogen and oxygen atoms in total. The Morgan fingerprint density at radius 2 is 1.78 bits per heavy atom. The molecule has 45 heavy (non-hydrogen) atoms. The van der Waals surface area contributed by atoms with Crippen LogP contribution in [-0.2, 0) is 22.4 Å². The second kappa shape index (κ2) is 18.0. The first-order valence-corrected chi connectivity index (χ1v) is 14.4. The highest BCUT2D eigenvalue weighted by molar-refractivity contribution is 6.00. The first-order chi connectivity index (χ1) is 21.2. The maximum Gasteiger partial charge on any atom is 0.422 e. The highest BCUT2D eigenvalue weighted by atomic mass is 19.4. The van der Waals surface area contributed by atoms with E-state index in [0.717, 1.165) is 29.8 Å². The number of alkyl halides is 3. The summed E-state index contributed by atoms with van der Waals surface area (Å²) in [6.45, 7) is 2.89. The molecule has 0 fully saturated rings. The van der Waals surface area contributed by atoms with Gasteiger partial charge in [-0.2, -0.15) is 13.2 Å². The lowest BCUT2D eigenvalue weighted by molar-refractivity contribution is -0.153. The van der Waals surface area contributed by atoms with Crippen LogP contribution >= 0.6 is 0 Å². The number of nitrogens with one attached hydrogen (secondary N) is 1. The monoisotopic (exact) mass is 642 g/mol. The van der Waals surface area contributed by atoms with Gasteiger partial charge in [0.05, 0.1) is 11.3 Å². The Bertz CT molecular complexity index is 1280. The number of nitrogens with two attached hydrogens (primary N) is 2. The minimum absolute atomic E-state index is 0.0231. The molecule has 0 aromatic heterocycles. The minimum Gasteiger partial charge on any atom is -0.488 e. The van der Waals surface area contributed by atoms with Crippen LogP contribution in [0.4, 0.5) is 18.9 Å². The largest absolute Gasteiger partial charge is 0.488 e. The molecule has 0 radical (unpaired) electrons. The third-order valence-corrected chi connectivity index (χ3v) is 6.69. The first kappa shape index (κ1) is 37.1. The number of halogens is 3. The number of fused-ring (bicyclic) bond motifs is 1. The number of hydrogen-bond acceptors (Lipinski definition) is 9. The van der Waals surface area contributed by atoms with Crippen LogP contribution in [0.1, 0.15) is 47.7 Å². The summed E-state index contributed by atoms with van der Waals surface area (Å²) in [5, 5.41) is 28.7. The minimum atomic E-state index is -4.42. The summed E-state index contributed by atoms with van der Waals surface area (Å²) in [5.74, 6) is -2.37. The number of para-hydroxylation sites is 2. The molecule has 8 N–H and O–H groups in total. The quantitative estimate of drug-likeness (QED) is 0.139. The molecule has 1 aliphatic rings. The van der Waals surface area contributed by atoms with Gasteiger partial charge in [-0.05, 0) is 61.9 Å². The SMILES string of the molecule is C[C@H](Cc1cc2c(c(C(N)=O)c1)N(CCCO)CC2)NCCOc1ccccc1OCC(F)(F)F.N[C@@H](CCC(=O)O)C(=O)O. The average Bonchev–Trinajstić information content (AvgIpc) is 3.38. The van der Waals surface area contributed by atoms with Gasteiger partial charge in [0.2, 0.25) is 0 Å². The number of aliphatic hydroxyl groups is 1. The standard InChI is InChI=1S/C25H32F3N3O4.C5H9NO4/c1-17(30-8-12-34-21-5-2-3-6-22(21)35-16-25(26,27)28)13-18-14-19-7-10-31(9-4-11-32)23(19)20(15-18)24(29)33;6-3(5(9)10)1-2-4(7)8/h2-3,5-6,14-15,17,30,32H,4,7-13,16H2,1H3,(H2,29,33);3H,1-2,6H2,(H,7,8)(H,9,10)/t17-;3-/m10/s1. The van der Waals surface area contributed by atoms with Crippen molar-refractivity contribution < 1.29 is 52.3 Å². The number of carboxylic acid groups (broad SMARTS) is 2. The van der Waals surface area contributed by atoms with Crippen molar-refractivity contribution >= 4 is 23.5 Å². The van der Waals surface area contributed by atoms with E-state index in [1.165, 1.54) is 6.07 Å². The lowest BCUT2D eigenvalue weighted by atomic mass is 9.98. The molecular weight excluding hydrogens is 601 g/mol. The van der Waals surface area contributed by atoms with Crippen LogP contribution in [0.25, 0.3) is 0 Å². The van der Waals surface area contributed by atoms with E-state index in [9.17, 15) is 27.6 Å². The molecule has 1 aliphatic heterocycles. The lowest BCUT2D eigenvalue weighted by Gasteiger charge is -2.22. The van der Waals surface area contributed by atoms with Gasteiger partial charge in [-0.15, -0.1) is 0 Å². The number of carbonyl (C=O) groups excluding carboxylic acids is 1. The topological polar surface area (TPSA) is 198 Å². The molecule has 1 amide bonds. The third-order valence-electron chi connectivity index (χ3n) is 6.69. The normalized spacial score (nSPS) is 13.7. The Balaban J connectivity index is 0.000000607. The van der Waals surface area contributed by atoms with Gasteiger partial charge in [-0.25, -0.2) is 0 Å². The third kappa shape index (κ3) is 13.2. The summed E-state index contributed by atoms with van der Waals surface area (Å²) < 4.78 is 47.8. The van der Waals surface area contributed by atoms with Gasteiger partial charge in [-0.1, -0.05) is 18.2 Å². The number of carboxylic acids is 2. The molecule has 0 spiro atoms. The number of rotatable bonds is 17. The van der Waals surface area contributed by atoms with Crippen molar-refractivity contribution in [2.75, 3.05) is 44.4 Å². The Kier molecular flexibility index (Phi) is 14.9. The Morgan fingerprint density at radius 1 is 1.11 bits per heavy atom. The molecule has 0 saturated carbocycles. The zero-order valence-corrected chi connectivity index (χ0v) is 25.0. The predicted molar refractivity (Wildman–Crippen MR) is 160 cm³/mol. The summed E-state index contributed by atoms with van der Waals surface area (Å²) in [4.78, 5) is 34.1. The van der Waals surface area contributed by atoms with Crippen molar-refractivity contribution in [1.82, 2.24) is 5.32 Å². The van der Waals surface area contributed by atoms with Gasteiger partial charge < -0.3 is 46.5 Å². The molecule has 3 rings (SSSR count). The maximum absolute atomic E-state index is 12.4. The van der Waals surface area contributed by atoms with Crippen molar-refractivity contribution in [3.05, 3.63) is 53.1 Å². The van der Waals surface area contributed by atoms with E-state index < -0.39 is 36.7 Å². The van der Waals surface area contributed by atoms with E-state index in [2.05, 4.69) is 16.3 Å².